The largest absolute Gasteiger partial charge is 0.333 e. The van der Waals surface area contributed by atoms with E-state index in [2.05, 4.69) is 167 Å². The van der Waals surface area contributed by atoms with Crippen LogP contribution in [0.1, 0.15) is 44.1 Å². The highest BCUT2D eigenvalue weighted by atomic mass is 32.4. The molecule has 0 saturated heterocycles. The second-order valence-electron chi connectivity index (χ2n) is 13.8. The number of rotatable bonds is 4. The molecule has 234 valence electrons. The molecule has 0 bridgehead atoms. The number of nitrogens with zero attached hydrogens (tertiary/aromatic N) is 3. The van der Waals surface area contributed by atoms with Crippen molar-refractivity contribution >= 4 is 79.3 Å². The highest BCUT2D eigenvalue weighted by Crippen LogP contribution is 2.69. The molecule has 1 aliphatic carbocycles. The Balaban J connectivity index is 1.40. The molecule has 0 radical (unpaired) electrons. The lowest BCUT2D eigenvalue weighted by atomic mass is 9.72. The molecular weight excluding hydrogens is 622 g/mol. The van der Waals surface area contributed by atoms with Crippen molar-refractivity contribution in [1.29, 1.82) is 0 Å². The molecule has 3 unspecified atom stereocenters. The summed E-state index contributed by atoms with van der Waals surface area (Å²) in [5, 5.41) is 4.00. The van der Waals surface area contributed by atoms with E-state index in [0.29, 0.717) is 5.92 Å². The van der Waals surface area contributed by atoms with Crippen LogP contribution in [0.15, 0.2) is 146 Å². The number of fused-ring (bicyclic) bond motifs is 8. The Hall–Kier alpha value is -4.63. The van der Waals surface area contributed by atoms with Crippen LogP contribution in [0.2, 0.25) is 0 Å². The van der Waals surface area contributed by atoms with Gasteiger partial charge in [0.05, 0.1) is 28.4 Å². The summed E-state index contributed by atoms with van der Waals surface area (Å²) in [7, 11) is 0. The summed E-state index contributed by atoms with van der Waals surface area (Å²) in [6.07, 6.45) is 4.82. The van der Waals surface area contributed by atoms with Crippen molar-refractivity contribution < 1.29 is 0 Å². The quantitative estimate of drug-likeness (QED) is 0.174. The SMILES string of the molecule is CC12CCCCC1c1c(N(c3ccccc3)c3ccccc3)cc3c4c1N2c1ccccc1P4(=S)c1ccccc1N3c1ccccc1. The van der Waals surface area contributed by atoms with Crippen LogP contribution in [0, 0.1) is 0 Å². The van der Waals surface area contributed by atoms with E-state index in [-0.39, 0.29) is 5.54 Å². The van der Waals surface area contributed by atoms with Crippen LogP contribution < -0.4 is 30.6 Å². The lowest BCUT2D eigenvalue weighted by Gasteiger charge is -2.50. The molecule has 3 heterocycles. The summed E-state index contributed by atoms with van der Waals surface area (Å²) in [5.74, 6) is 0.383. The topological polar surface area (TPSA) is 9.72 Å². The Morgan fingerprint density at radius 1 is 0.667 bits per heavy atom. The van der Waals surface area contributed by atoms with Crippen LogP contribution in [-0.4, -0.2) is 5.54 Å². The van der Waals surface area contributed by atoms with Crippen molar-refractivity contribution in [1.82, 2.24) is 0 Å². The Kier molecular flexibility index (Phi) is 6.17. The zero-order chi connectivity index (χ0) is 32.0. The van der Waals surface area contributed by atoms with Gasteiger partial charge in [-0.05, 0) is 74.4 Å². The molecule has 0 amide bonds. The third-order valence-electron chi connectivity index (χ3n) is 11.3. The van der Waals surface area contributed by atoms with Crippen molar-refractivity contribution in [3.05, 3.63) is 151 Å². The molecule has 48 heavy (non-hydrogen) atoms. The summed E-state index contributed by atoms with van der Waals surface area (Å²) < 4.78 is 0. The van der Waals surface area contributed by atoms with Gasteiger partial charge in [-0.3, -0.25) is 0 Å². The summed E-state index contributed by atoms with van der Waals surface area (Å²) in [4.78, 5) is 7.79. The molecule has 3 nitrogen and oxygen atoms in total. The Morgan fingerprint density at radius 2 is 1.23 bits per heavy atom. The molecule has 3 atom stereocenters. The third kappa shape index (κ3) is 3.68. The van der Waals surface area contributed by atoms with Crippen molar-refractivity contribution in [2.24, 2.45) is 0 Å². The second-order valence-corrected chi connectivity index (χ2v) is 18.1. The molecular formula is C43H36N3PS. The van der Waals surface area contributed by atoms with E-state index in [1.54, 1.807) is 0 Å². The molecule has 6 aromatic carbocycles. The van der Waals surface area contributed by atoms with E-state index in [9.17, 15) is 0 Å². The number of benzene rings is 6. The van der Waals surface area contributed by atoms with Gasteiger partial charge in [-0.15, -0.1) is 0 Å². The molecule has 10 rings (SSSR count). The molecule has 1 fully saturated rings. The first-order valence-electron chi connectivity index (χ1n) is 17.2. The van der Waals surface area contributed by atoms with Gasteiger partial charge in [0.2, 0.25) is 0 Å². The highest BCUT2D eigenvalue weighted by Gasteiger charge is 2.58. The highest BCUT2D eigenvalue weighted by molar-refractivity contribution is 8.26. The minimum atomic E-state index is -2.44. The van der Waals surface area contributed by atoms with Crippen molar-refractivity contribution in [3.8, 4) is 0 Å². The fraction of sp³-hybridized carbons (Fsp3) is 0.163. The van der Waals surface area contributed by atoms with Crippen LogP contribution in [0.5, 0.6) is 0 Å². The second kappa shape index (κ2) is 10.4. The first-order chi connectivity index (χ1) is 23.6. The predicted molar refractivity (Wildman–Crippen MR) is 207 cm³/mol. The van der Waals surface area contributed by atoms with Gasteiger partial charge in [-0.1, -0.05) is 116 Å². The fourth-order valence-electron chi connectivity index (χ4n) is 9.35. The van der Waals surface area contributed by atoms with Gasteiger partial charge in [0.1, 0.15) is 0 Å². The van der Waals surface area contributed by atoms with Gasteiger partial charge < -0.3 is 14.7 Å². The van der Waals surface area contributed by atoms with E-state index in [4.69, 9.17) is 11.8 Å². The average molecular weight is 658 g/mol. The molecule has 4 aliphatic rings. The Bertz CT molecular complexity index is 2230. The zero-order valence-electron chi connectivity index (χ0n) is 27.0. The van der Waals surface area contributed by atoms with E-state index in [0.717, 1.165) is 12.1 Å². The number of anilines is 8. The number of hydrogen-bond donors (Lipinski definition) is 0. The number of hydrogen-bond acceptors (Lipinski definition) is 4. The van der Waals surface area contributed by atoms with E-state index in [1.165, 1.54) is 80.6 Å². The van der Waals surface area contributed by atoms with Gasteiger partial charge in [-0.2, -0.15) is 0 Å². The molecule has 0 spiro atoms. The Morgan fingerprint density at radius 3 is 1.90 bits per heavy atom. The first-order valence-corrected chi connectivity index (χ1v) is 20.0. The predicted octanol–water partition coefficient (Wildman–Crippen LogP) is 10.6. The fourth-order valence-corrected chi connectivity index (χ4v) is 14.1. The van der Waals surface area contributed by atoms with Crippen molar-refractivity contribution in [2.45, 2.75) is 44.1 Å². The maximum atomic E-state index is 7.24. The Labute approximate surface area is 288 Å². The minimum absolute atomic E-state index is 0.0469. The molecule has 0 N–H and O–H groups in total. The van der Waals surface area contributed by atoms with Gasteiger partial charge >= 0.3 is 0 Å². The van der Waals surface area contributed by atoms with E-state index >= 15 is 0 Å². The molecule has 1 saturated carbocycles. The van der Waals surface area contributed by atoms with Gasteiger partial charge in [-0.25, -0.2) is 0 Å². The van der Waals surface area contributed by atoms with Crippen LogP contribution in [0.3, 0.4) is 0 Å². The normalized spacial score (nSPS) is 22.7. The standard InChI is InChI=1S/C43H36N3PS/c1-43-28-16-15-23-33(43)40-36(44(30-17-5-2-6-18-30)31-19-7-3-8-20-31)29-37-42-41(40)46(43)35-25-12-14-27-39(35)47(42,48)38-26-13-11-24-34(38)45(37)32-21-9-4-10-22-32/h2-14,17-22,24-27,29,33H,15-16,23,28H2,1H3. The van der Waals surface area contributed by atoms with E-state index in [1.807, 2.05) is 0 Å². The van der Waals surface area contributed by atoms with Crippen LogP contribution in [0.25, 0.3) is 0 Å². The summed E-state index contributed by atoms with van der Waals surface area (Å²) in [6, 6.07) is 51.0. The van der Waals surface area contributed by atoms with Crippen LogP contribution >= 0.6 is 6.04 Å². The molecule has 0 aromatic heterocycles. The maximum Gasteiger partial charge on any atom is 0.0594 e. The lowest BCUT2D eigenvalue weighted by molar-refractivity contribution is 0.291. The molecule has 6 aromatic rings. The van der Waals surface area contributed by atoms with Gasteiger partial charge in [0.15, 0.2) is 0 Å². The average Bonchev–Trinajstić information content (AvgIpc) is 3.42. The van der Waals surface area contributed by atoms with Crippen LogP contribution in [-0.2, 0) is 11.8 Å². The minimum Gasteiger partial charge on any atom is -0.333 e. The summed E-state index contributed by atoms with van der Waals surface area (Å²) in [5.41, 5.74) is 11.3. The van der Waals surface area contributed by atoms with Gasteiger partial charge in [0, 0.05) is 56.0 Å². The number of para-hydroxylation sites is 5. The molecule has 5 heteroatoms. The maximum absolute atomic E-state index is 7.24. The van der Waals surface area contributed by atoms with E-state index < -0.39 is 6.04 Å². The van der Waals surface area contributed by atoms with Gasteiger partial charge in [0.25, 0.3) is 0 Å². The lowest BCUT2D eigenvalue weighted by Crippen LogP contribution is -2.51. The van der Waals surface area contributed by atoms with Crippen molar-refractivity contribution in [3.63, 3.8) is 0 Å². The zero-order valence-corrected chi connectivity index (χ0v) is 28.7. The monoisotopic (exact) mass is 657 g/mol. The summed E-state index contributed by atoms with van der Waals surface area (Å²) >= 11 is 7.24. The third-order valence-corrected chi connectivity index (χ3v) is 16.2. The van der Waals surface area contributed by atoms with Crippen LogP contribution in [0.4, 0.5) is 45.5 Å². The molecule has 3 aliphatic heterocycles. The summed E-state index contributed by atoms with van der Waals surface area (Å²) in [6.45, 7) is 2.54. The van der Waals surface area contributed by atoms with Crippen molar-refractivity contribution in [2.75, 3.05) is 14.7 Å². The smallest absolute Gasteiger partial charge is 0.0594 e. The first kappa shape index (κ1) is 28.4.